The van der Waals surface area contributed by atoms with Crippen LogP contribution in [0.15, 0.2) is 152 Å². The van der Waals surface area contributed by atoms with Crippen LogP contribution in [0.2, 0.25) is 0 Å². The summed E-state index contributed by atoms with van der Waals surface area (Å²) in [6.45, 7) is 4.74. The van der Waals surface area contributed by atoms with E-state index in [1.165, 1.54) is 55.3 Å². The first-order chi connectivity index (χ1) is 24.1. The molecular weight excluding hydrogens is 599 g/mol. The molecule has 232 valence electrons. The monoisotopic (exact) mass is 629 g/mol. The average Bonchev–Trinajstić information content (AvgIpc) is 3.69. The van der Waals surface area contributed by atoms with Gasteiger partial charge in [-0.05, 0) is 42.0 Å². The van der Waals surface area contributed by atoms with Gasteiger partial charge < -0.3 is 9.13 Å². The van der Waals surface area contributed by atoms with Crippen molar-refractivity contribution in [2.24, 2.45) is 0 Å². The zero-order valence-corrected chi connectivity index (χ0v) is 27.2. The van der Waals surface area contributed by atoms with Gasteiger partial charge in [-0.2, -0.15) is 0 Å². The number of hydrogen-bond acceptors (Lipinski definition) is 3. The van der Waals surface area contributed by atoms with Crippen LogP contribution in [0.4, 0.5) is 0 Å². The molecule has 49 heavy (non-hydrogen) atoms. The molecule has 4 heterocycles. The molecule has 0 radical (unpaired) electrons. The lowest BCUT2D eigenvalue weighted by molar-refractivity contribution is 0.596. The highest BCUT2D eigenvalue weighted by atomic mass is 15.1. The molecule has 0 saturated heterocycles. The first kappa shape index (κ1) is 27.8. The minimum Gasteiger partial charge on any atom is -0.311 e. The Hall–Kier alpha value is -6.33. The fourth-order valence-electron chi connectivity index (χ4n) is 7.88. The van der Waals surface area contributed by atoms with E-state index in [4.69, 9.17) is 15.0 Å². The predicted octanol–water partition coefficient (Wildman–Crippen LogP) is 10.6. The SMILES string of the molecule is CC1(C)c2cccc3c4cc(-c5nc(-c6ccccc6)nc(-c6ccccc6)n5)ccc4n(c23)-c2c1n(-c1ccccc1)c1ccccc21. The predicted molar refractivity (Wildman–Crippen MR) is 199 cm³/mol. The number of benzene rings is 6. The van der Waals surface area contributed by atoms with E-state index in [9.17, 15) is 0 Å². The smallest absolute Gasteiger partial charge is 0.164 e. The van der Waals surface area contributed by atoms with E-state index in [1.54, 1.807) is 0 Å². The molecule has 0 atom stereocenters. The molecule has 3 aromatic heterocycles. The van der Waals surface area contributed by atoms with Gasteiger partial charge >= 0.3 is 0 Å². The second kappa shape index (κ2) is 10.3. The molecule has 0 saturated carbocycles. The number of rotatable bonds is 4. The fourth-order valence-corrected chi connectivity index (χ4v) is 7.88. The van der Waals surface area contributed by atoms with Crippen LogP contribution in [0.5, 0.6) is 0 Å². The molecular formula is C44H31N5. The summed E-state index contributed by atoms with van der Waals surface area (Å²) >= 11 is 0. The summed E-state index contributed by atoms with van der Waals surface area (Å²) < 4.78 is 4.97. The molecule has 9 aromatic rings. The zero-order valence-electron chi connectivity index (χ0n) is 27.2. The minimum absolute atomic E-state index is 0.264. The van der Waals surface area contributed by atoms with Gasteiger partial charge in [0, 0.05) is 44.0 Å². The fraction of sp³-hybridized carbons (Fsp3) is 0.0682. The second-order valence-electron chi connectivity index (χ2n) is 13.3. The van der Waals surface area contributed by atoms with E-state index < -0.39 is 0 Å². The third kappa shape index (κ3) is 4.02. The highest BCUT2D eigenvalue weighted by molar-refractivity contribution is 6.14. The first-order valence-corrected chi connectivity index (χ1v) is 16.7. The van der Waals surface area contributed by atoms with E-state index in [-0.39, 0.29) is 5.41 Å². The Balaban J connectivity index is 1.26. The summed E-state index contributed by atoms with van der Waals surface area (Å²) in [5.41, 5.74) is 11.3. The molecule has 0 unspecified atom stereocenters. The van der Waals surface area contributed by atoms with E-state index in [0.29, 0.717) is 17.5 Å². The molecule has 0 fully saturated rings. The van der Waals surface area contributed by atoms with Gasteiger partial charge in [0.1, 0.15) is 0 Å². The molecule has 5 nitrogen and oxygen atoms in total. The summed E-state index contributed by atoms with van der Waals surface area (Å²) in [4.78, 5) is 15.0. The summed E-state index contributed by atoms with van der Waals surface area (Å²) in [7, 11) is 0. The molecule has 10 rings (SSSR count). The van der Waals surface area contributed by atoms with E-state index in [0.717, 1.165) is 16.7 Å². The molecule has 0 N–H and O–H groups in total. The maximum Gasteiger partial charge on any atom is 0.164 e. The van der Waals surface area contributed by atoms with E-state index in [1.807, 2.05) is 60.7 Å². The number of aromatic nitrogens is 5. The van der Waals surface area contributed by atoms with Crippen molar-refractivity contribution in [3.05, 3.63) is 163 Å². The maximum atomic E-state index is 5.05. The van der Waals surface area contributed by atoms with Crippen LogP contribution in [-0.4, -0.2) is 24.1 Å². The van der Waals surface area contributed by atoms with Crippen LogP contribution in [0.25, 0.3) is 78.2 Å². The van der Waals surface area contributed by atoms with Gasteiger partial charge in [0.2, 0.25) is 0 Å². The number of hydrogen-bond donors (Lipinski definition) is 0. The lowest BCUT2D eigenvalue weighted by Crippen LogP contribution is -2.28. The Kier molecular flexibility index (Phi) is 5.85. The van der Waals surface area contributed by atoms with Crippen LogP contribution in [0.1, 0.15) is 25.1 Å². The van der Waals surface area contributed by atoms with Gasteiger partial charge in [-0.3, -0.25) is 0 Å². The van der Waals surface area contributed by atoms with Gasteiger partial charge in [0.15, 0.2) is 17.5 Å². The van der Waals surface area contributed by atoms with Gasteiger partial charge in [0.05, 0.1) is 27.9 Å². The normalized spacial score (nSPS) is 13.3. The molecule has 1 aliphatic heterocycles. The molecule has 0 aliphatic carbocycles. The van der Waals surface area contributed by atoms with Gasteiger partial charge in [-0.15, -0.1) is 0 Å². The molecule has 0 amide bonds. The Labute approximate surface area is 283 Å². The quantitative estimate of drug-likeness (QED) is 0.195. The molecule has 0 spiro atoms. The highest BCUT2D eigenvalue weighted by Gasteiger charge is 2.40. The Morgan fingerprint density at radius 3 is 1.67 bits per heavy atom. The maximum absolute atomic E-state index is 5.05. The third-order valence-electron chi connectivity index (χ3n) is 10.1. The third-order valence-corrected chi connectivity index (χ3v) is 10.1. The van der Waals surface area contributed by atoms with Crippen molar-refractivity contribution >= 4 is 32.7 Å². The van der Waals surface area contributed by atoms with Crippen molar-refractivity contribution in [1.29, 1.82) is 0 Å². The summed E-state index contributed by atoms with van der Waals surface area (Å²) in [6.07, 6.45) is 0. The van der Waals surface area contributed by atoms with Crippen molar-refractivity contribution in [2.45, 2.75) is 19.3 Å². The van der Waals surface area contributed by atoms with Gasteiger partial charge in [-0.25, -0.2) is 15.0 Å². The Morgan fingerprint density at radius 1 is 0.449 bits per heavy atom. The second-order valence-corrected chi connectivity index (χ2v) is 13.3. The number of para-hydroxylation sites is 3. The van der Waals surface area contributed by atoms with Crippen LogP contribution in [0, 0.1) is 0 Å². The molecule has 5 heteroatoms. The molecule has 0 bridgehead atoms. The number of fused-ring (bicyclic) bond motifs is 7. The zero-order chi connectivity index (χ0) is 32.7. The Morgan fingerprint density at radius 2 is 1.00 bits per heavy atom. The summed E-state index contributed by atoms with van der Waals surface area (Å²) in [5.74, 6) is 1.97. The van der Waals surface area contributed by atoms with Crippen LogP contribution in [0.3, 0.4) is 0 Å². The van der Waals surface area contributed by atoms with E-state index in [2.05, 4.69) is 114 Å². The number of nitrogens with zero attached hydrogens (tertiary/aromatic N) is 5. The highest BCUT2D eigenvalue weighted by Crippen LogP contribution is 2.51. The first-order valence-electron chi connectivity index (χ1n) is 16.7. The van der Waals surface area contributed by atoms with Crippen molar-refractivity contribution in [3.8, 4) is 45.5 Å². The van der Waals surface area contributed by atoms with Gasteiger partial charge in [-0.1, -0.05) is 129 Å². The van der Waals surface area contributed by atoms with Crippen LogP contribution < -0.4 is 0 Å². The molecule has 6 aromatic carbocycles. The van der Waals surface area contributed by atoms with Crippen molar-refractivity contribution in [1.82, 2.24) is 24.1 Å². The standard InChI is InChI=1S/C44H31N5/c1-44(2)35-23-14-22-32-34-27-30(43-46-41(28-15-6-3-7-16-28)45-42(47-43)29-17-8-4-9-18-29)25-26-37(34)49(38(32)35)39-33-21-12-13-24-36(33)48(40(39)44)31-19-10-5-11-20-31/h3-27H,1-2H3. The lowest BCUT2D eigenvalue weighted by Gasteiger charge is -2.34. The largest absolute Gasteiger partial charge is 0.311 e. The van der Waals surface area contributed by atoms with Crippen LogP contribution in [-0.2, 0) is 5.41 Å². The van der Waals surface area contributed by atoms with Crippen molar-refractivity contribution < 1.29 is 0 Å². The van der Waals surface area contributed by atoms with Crippen molar-refractivity contribution in [2.75, 3.05) is 0 Å². The van der Waals surface area contributed by atoms with E-state index >= 15 is 0 Å². The lowest BCUT2D eigenvalue weighted by atomic mass is 9.77. The van der Waals surface area contributed by atoms with Crippen LogP contribution >= 0.6 is 0 Å². The minimum atomic E-state index is -0.264. The molecule has 1 aliphatic rings. The average molecular weight is 630 g/mol. The summed E-state index contributed by atoms with van der Waals surface area (Å²) in [6, 6.07) is 53.3. The Bertz CT molecular complexity index is 2660. The van der Waals surface area contributed by atoms with Gasteiger partial charge in [0.25, 0.3) is 0 Å². The topological polar surface area (TPSA) is 48.5 Å². The van der Waals surface area contributed by atoms with Crippen molar-refractivity contribution in [3.63, 3.8) is 0 Å². The summed E-state index contributed by atoms with van der Waals surface area (Å²) in [5, 5.41) is 3.65.